The van der Waals surface area contributed by atoms with Gasteiger partial charge in [0.15, 0.2) is 0 Å². The Labute approximate surface area is 108 Å². The largest absolute Gasteiger partial charge is 0.383 e. The first-order valence-corrected chi connectivity index (χ1v) is 6.29. The molecule has 0 radical (unpaired) electrons. The highest BCUT2D eigenvalue weighted by molar-refractivity contribution is 6.30. The van der Waals surface area contributed by atoms with Crippen molar-refractivity contribution in [2.75, 3.05) is 31.7 Å². The predicted octanol–water partition coefficient (Wildman–Crippen LogP) is 3.19. The molecule has 1 aromatic carbocycles. The zero-order valence-electron chi connectivity index (χ0n) is 10.4. The summed E-state index contributed by atoms with van der Waals surface area (Å²) in [6.45, 7) is 6.78. The van der Waals surface area contributed by atoms with Gasteiger partial charge in [-0.25, -0.2) is 0 Å². The Morgan fingerprint density at radius 2 is 2.24 bits per heavy atom. The lowest BCUT2D eigenvalue weighted by Gasteiger charge is -2.13. The second-order valence-electron chi connectivity index (χ2n) is 3.78. The summed E-state index contributed by atoms with van der Waals surface area (Å²) >= 11 is 5.88. The lowest BCUT2D eigenvalue weighted by Crippen LogP contribution is -2.20. The molecule has 0 saturated heterocycles. The van der Waals surface area contributed by atoms with Gasteiger partial charge in [0.1, 0.15) is 0 Å². The second-order valence-corrected chi connectivity index (χ2v) is 4.21. The molecule has 0 saturated carbocycles. The van der Waals surface area contributed by atoms with E-state index >= 15 is 0 Å². The lowest BCUT2D eigenvalue weighted by molar-refractivity contribution is 0.000871. The third-order valence-electron chi connectivity index (χ3n) is 2.21. The molecule has 17 heavy (non-hydrogen) atoms. The molecule has 0 aliphatic heterocycles. The second kappa shape index (κ2) is 8.34. The van der Waals surface area contributed by atoms with Crippen molar-refractivity contribution in [2.45, 2.75) is 20.0 Å². The van der Waals surface area contributed by atoms with Crippen LogP contribution in [0, 0.1) is 0 Å². The Morgan fingerprint density at radius 3 is 2.94 bits per heavy atom. The van der Waals surface area contributed by atoms with Gasteiger partial charge < -0.3 is 14.8 Å². The summed E-state index contributed by atoms with van der Waals surface area (Å²) in [7, 11) is 0. The molecule has 0 bridgehead atoms. The van der Waals surface area contributed by atoms with Crippen molar-refractivity contribution in [3.05, 3.63) is 29.3 Å². The van der Waals surface area contributed by atoms with E-state index in [4.69, 9.17) is 21.1 Å². The van der Waals surface area contributed by atoms with Crippen LogP contribution in [0.5, 0.6) is 0 Å². The summed E-state index contributed by atoms with van der Waals surface area (Å²) in [6.07, 6.45) is 0.135. The van der Waals surface area contributed by atoms with E-state index in [9.17, 15) is 0 Å². The standard InChI is InChI=1S/C13H20ClNO2/c1-3-16-10-11(2)17-8-7-15-13-6-4-5-12(14)9-13/h4-6,9,11,15H,3,7-8,10H2,1-2H3. The van der Waals surface area contributed by atoms with Gasteiger partial charge in [-0.05, 0) is 32.0 Å². The molecule has 0 fully saturated rings. The summed E-state index contributed by atoms with van der Waals surface area (Å²) in [5, 5.41) is 3.98. The minimum Gasteiger partial charge on any atom is -0.383 e. The van der Waals surface area contributed by atoms with Crippen molar-refractivity contribution in [1.29, 1.82) is 0 Å². The molecule has 4 heteroatoms. The van der Waals surface area contributed by atoms with Crippen LogP contribution in [0.3, 0.4) is 0 Å². The molecule has 0 aromatic heterocycles. The van der Waals surface area contributed by atoms with Gasteiger partial charge in [0.2, 0.25) is 0 Å². The molecular formula is C13H20ClNO2. The third-order valence-corrected chi connectivity index (χ3v) is 2.45. The quantitative estimate of drug-likeness (QED) is 0.726. The van der Waals surface area contributed by atoms with Gasteiger partial charge >= 0.3 is 0 Å². The number of ether oxygens (including phenoxy) is 2. The number of hydrogen-bond acceptors (Lipinski definition) is 3. The average molecular weight is 258 g/mol. The Kier molecular flexibility index (Phi) is 7.01. The molecule has 1 atom stereocenters. The Balaban J connectivity index is 2.11. The van der Waals surface area contributed by atoms with Crippen LogP contribution < -0.4 is 5.32 Å². The van der Waals surface area contributed by atoms with Crippen molar-refractivity contribution in [1.82, 2.24) is 0 Å². The number of rotatable bonds is 8. The van der Waals surface area contributed by atoms with Crippen LogP contribution in [0.25, 0.3) is 0 Å². The van der Waals surface area contributed by atoms with E-state index in [2.05, 4.69) is 5.32 Å². The van der Waals surface area contributed by atoms with Gasteiger partial charge in [-0.15, -0.1) is 0 Å². The van der Waals surface area contributed by atoms with Gasteiger partial charge in [-0.2, -0.15) is 0 Å². The molecule has 0 aliphatic carbocycles. The van der Waals surface area contributed by atoms with E-state index in [-0.39, 0.29) is 6.10 Å². The normalized spacial score (nSPS) is 12.4. The minimum atomic E-state index is 0.135. The van der Waals surface area contributed by atoms with Crippen molar-refractivity contribution in [3.63, 3.8) is 0 Å². The topological polar surface area (TPSA) is 30.5 Å². The number of nitrogens with one attached hydrogen (secondary N) is 1. The maximum Gasteiger partial charge on any atom is 0.0781 e. The van der Waals surface area contributed by atoms with Gasteiger partial charge in [0.05, 0.1) is 19.3 Å². The van der Waals surface area contributed by atoms with Gasteiger partial charge in [0, 0.05) is 23.9 Å². The summed E-state index contributed by atoms with van der Waals surface area (Å²) in [4.78, 5) is 0. The number of anilines is 1. The Bertz CT molecular complexity index is 320. The fraction of sp³-hybridized carbons (Fsp3) is 0.538. The van der Waals surface area contributed by atoms with Crippen LogP contribution in [-0.2, 0) is 9.47 Å². The first-order chi connectivity index (χ1) is 8.22. The fourth-order valence-corrected chi connectivity index (χ4v) is 1.58. The first-order valence-electron chi connectivity index (χ1n) is 5.91. The van der Waals surface area contributed by atoms with E-state index < -0.39 is 0 Å². The van der Waals surface area contributed by atoms with Crippen LogP contribution in [0.1, 0.15) is 13.8 Å². The van der Waals surface area contributed by atoms with E-state index in [1.54, 1.807) is 0 Å². The molecule has 3 nitrogen and oxygen atoms in total. The lowest BCUT2D eigenvalue weighted by atomic mass is 10.3. The molecule has 0 amide bonds. The monoisotopic (exact) mass is 257 g/mol. The van der Waals surface area contributed by atoms with E-state index in [1.165, 1.54) is 0 Å². The maximum absolute atomic E-state index is 5.88. The highest BCUT2D eigenvalue weighted by Gasteiger charge is 2.01. The van der Waals surface area contributed by atoms with Crippen molar-refractivity contribution in [3.8, 4) is 0 Å². The SMILES string of the molecule is CCOCC(C)OCCNc1cccc(Cl)c1. The molecule has 0 aliphatic rings. The number of hydrogen-bond donors (Lipinski definition) is 1. The molecule has 1 aromatic rings. The zero-order chi connectivity index (χ0) is 12.5. The van der Waals surface area contributed by atoms with Gasteiger partial charge in [0.25, 0.3) is 0 Å². The molecule has 1 rings (SSSR count). The van der Waals surface area contributed by atoms with E-state index in [1.807, 2.05) is 38.1 Å². The van der Waals surface area contributed by atoms with E-state index in [0.29, 0.717) is 13.2 Å². The number of benzene rings is 1. The minimum absolute atomic E-state index is 0.135. The summed E-state index contributed by atoms with van der Waals surface area (Å²) < 4.78 is 10.8. The highest BCUT2D eigenvalue weighted by Crippen LogP contribution is 2.14. The highest BCUT2D eigenvalue weighted by atomic mass is 35.5. The van der Waals surface area contributed by atoms with Gasteiger partial charge in [-0.3, -0.25) is 0 Å². The summed E-state index contributed by atoms with van der Waals surface area (Å²) in [6, 6.07) is 7.65. The smallest absolute Gasteiger partial charge is 0.0781 e. The Morgan fingerprint density at radius 1 is 1.41 bits per heavy atom. The van der Waals surface area contributed by atoms with E-state index in [0.717, 1.165) is 23.9 Å². The van der Waals surface area contributed by atoms with Crippen molar-refractivity contribution in [2.24, 2.45) is 0 Å². The van der Waals surface area contributed by atoms with Crippen LogP contribution in [-0.4, -0.2) is 32.5 Å². The molecular weight excluding hydrogens is 238 g/mol. The summed E-state index contributed by atoms with van der Waals surface area (Å²) in [5.74, 6) is 0. The van der Waals surface area contributed by atoms with Crippen LogP contribution in [0.2, 0.25) is 5.02 Å². The third kappa shape index (κ3) is 6.51. The van der Waals surface area contributed by atoms with Gasteiger partial charge in [-0.1, -0.05) is 17.7 Å². The molecule has 1 unspecified atom stereocenters. The average Bonchev–Trinajstić information content (AvgIpc) is 2.32. The molecule has 0 spiro atoms. The van der Waals surface area contributed by atoms with Crippen molar-refractivity contribution < 1.29 is 9.47 Å². The van der Waals surface area contributed by atoms with Crippen LogP contribution in [0.15, 0.2) is 24.3 Å². The van der Waals surface area contributed by atoms with Crippen LogP contribution >= 0.6 is 11.6 Å². The molecule has 1 N–H and O–H groups in total. The molecule has 0 heterocycles. The zero-order valence-corrected chi connectivity index (χ0v) is 11.2. The first kappa shape index (κ1) is 14.3. The maximum atomic E-state index is 5.88. The predicted molar refractivity (Wildman–Crippen MR) is 71.8 cm³/mol. The van der Waals surface area contributed by atoms with Crippen molar-refractivity contribution >= 4 is 17.3 Å². The summed E-state index contributed by atoms with van der Waals surface area (Å²) in [5.41, 5.74) is 1.01. The van der Waals surface area contributed by atoms with Crippen LogP contribution in [0.4, 0.5) is 5.69 Å². The number of halogens is 1. The molecule has 96 valence electrons. The fourth-order valence-electron chi connectivity index (χ4n) is 1.39. The Hall–Kier alpha value is -0.770.